The number of hydrogen-bond acceptors (Lipinski definition) is 5. The lowest BCUT2D eigenvalue weighted by molar-refractivity contribution is -0.144. The molecule has 3 rings (SSSR count). The Hall–Kier alpha value is -3.16. The molecule has 0 saturated heterocycles. The number of anilines is 2. The summed E-state index contributed by atoms with van der Waals surface area (Å²) >= 11 is 0. The van der Waals surface area contributed by atoms with Crippen molar-refractivity contribution in [3.8, 4) is 0 Å². The highest BCUT2D eigenvalue weighted by atomic mass is 19.1. The van der Waals surface area contributed by atoms with Gasteiger partial charge in [0.1, 0.15) is 17.7 Å². The Morgan fingerprint density at radius 3 is 2.45 bits per heavy atom. The average molecular weight is 403 g/mol. The van der Waals surface area contributed by atoms with Crippen LogP contribution in [0.1, 0.15) is 5.56 Å². The number of hydrogen-bond donors (Lipinski definition) is 1. The Labute approximate surface area is 168 Å². The van der Waals surface area contributed by atoms with E-state index in [4.69, 9.17) is 4.74 Å². The molecule has 0 unspecified atom stereocenters. The minimum Gasteiger partial charge on any atom is -0.467 e. The van der Waals surface area contributed by atoms with Gasteiger partial charge >= 0.3 is 5.97 Å². The van der Waals surface area contributed by atoms with Crippen LogP contribution in [0.2, 0.25) is 0 Å². The number of benzene rings is 2. The summed E-state index contributed by atoms with van der Waals surface area (Å²) < 4.78 is 31.5. The van der Waals surface area contributed by atoms with Gasteiger partial charge in [-0.25, -0.2) is 13.6 Å². The summed E-state index contributed by atoms with van der Waals surface area (Å²) in [7, 11) is 3.11. The normalized spacial score (nSPS) is 14.2. The quantitative estimate of drug-likeness (QED) is 0.749. The third-order valence-corrected chi connectivity index (χ3v) is 4.90. The summed E-state index contributed by atoms with van der Waals surface area (Å²) in [5.41, 5.74) is 2.16. The second kappa shape index (κ2) is 8.89. The van der Waals surface area contributed by atoms with Gasteiger partial charge in [0.25, 0.3) is 0 Å². The van der Waals surface area contributed by atoms with E-state index in [1.807, 2.05) is 16.8 Å². The van der Waals surface area contributed by atoms with Crippen LogP contribution in [0.25, 0.3) is 0 Å². The number of amides is 1. The van der Waals surface area contributed by atoms with Crippen molar-refractivity contribution in [3.05, 3.63) is 59.7 Å². The van der Waals surface area contributed by atoms with E-state index < -0.39 is 12.0 Å². The van der Waals surface area contributed by atoms with Crippen molar-refractivity contribution in [2.45, 2.75) is 12.5 Å². The lowest BCUT2D eigenvalue weighted by atomic mass is 10.1. The Balaban J connectivity index is 1.70. The maximum atomic E-state index is 13.6. The number of carbonyl (C=O) groups excluding carboxylic acids is 2. The average Bonchev–Trinajstić information content (AvgIpc) is 2.70. The zero-order valence-electron chi connectivity index (χ0n) is 16.3. The molecule has 1 aliphatic heterocycles. The predicted octanol–water partition coefficient (Wildman–Crippen LogP) is 2.12. The fourth-order valence-corrected chi connectivity index (χ4v) is 3.35. The highest BCUT2D eigenvalue weighted by Crippen LogP contribution is 2.32. The number of esters is 1. The van der Waals surface area contributed by atoms with Crippen LogP contribution in [0.3, 0.4) is 0 Å². The zero-order chi connectivity index (χ0) is 21.0. The molecule has 6 nitrogen and oxygen atoms in total. The van der Waals surface area contributed by atoms with Crippen LogP contribution in [-0.4, -0.2) is 51.7 Å². The van der Waals surface area contributed by atoms with E-state index in [2.05, 4.69) is 5.32 Å². The molecule has 1 heterocycles. The molecule has 1 N–H and O–H groups in total. The number of methoxy groups -OCH3 is 1. The van der Waals surface area contributed by atoms with E-state index in [9.17, 15) is 18.4 Å². The molecule has 2 aromatic rings. The largest absolute Gasteiger partial charge is 0.467 e. The van der Waals surface area contributed by atoms with E-state index in [1.165, 1.54) is 31.4 Å². The van der Waals surface area contributed by atoms with Gasteiger partial charge in [-0.1, -0.05) is 12.1 Å². The second-order valence-corrected chi connectivity index (χ2v) is 6.95. The van der Waals surface area contributed by atoms with Crippen LogP contribution in [0.15, 0.2) is 42.5 Å². The number of ether oxygens (including phenoxy) is 1. The standard InChI is InChI=1S/C21H23F2N3O3/c1-25-9-10-26(18-8-7-16(23)12-19(18)25)13-20(27)24-17(21(28)29-2)11-14-3-5-15(22)6-4-14/h3-8,12,17H,9-11,13H2,1-2H3,(H,24,27)/t17-/m0/s1. The molecule has 0 bridgehead atoms. The SMILES string of the molecule is COC(=O)[C@H](Cc1ccc(F)cc1)NC(=O)CN1CCN(C)c2cc(F)ccc21. The lowest BCUT2D eigenvalue weighted by Gasteiger charge is -2.36. The molecule has 0 aromatic heterocycles. The Bertz CT molecular complexity index is 889. The summed E-state index contributed by atoms with van der Waals surface area (Å²) in [4.78, 5) is 28.5. The molecule has 0 saturated carbocycles. The minimum absolute atomic E-state index is 0.0172. The fraction of sp³-hybridized carbons (Fsp3) is 0.333. The smallest absolute Gasteiger partial charge is 0.328 e. The van der Waals surface area contributed by atoms with Gasteiger partial charge in [-0.15, -0.1) is 0 Å². The molecule has 1 aliphatic rings. The number of fused-ring (bicyclic) bond motifs is 1. The first kappa shape index (κ1) is 20.6. The number of nitrogens with one attached hydrogen (secondary N) is 1. The van der Waals surface area contributed by atoms with Crippen LogP contribution in [-0.2, 0) is 20.7 Å². The zero-order valence-corrected chi connectivity index (χ0v) is 16.3. The van der Waals surface area contributed by atoms with Crippen molar-refractivity contribution in [2.75, 3.05) is 43.6 Å². The van der Waals surface area contributed by atoms with Gasteiger partial charge in [-0.05, 0) is 35.9 Å². The first-order valence-electron chi connectivity index (χ1n) is 9.24. The number of nitrogens with zero attached hydrogens (tertiary/aromatic N) is 2. The third kappa shape index (κ3) is 5.01. The molecule has 1 atom stereocenters. The molecule has 2 aromatic carbocycles. The third-order valence-electron chi connectivity index (χ3n) is 4.90. The summed E-state index contributed by atoms with van der Waals surface area (Å²) in [5.74, 6) is -1.66. The van der Waals surface area contributed by atoms with E-state index in [1.54, 1.807) is 18.2 Å². The van der Waals surface area contributed by atoms with Gasteiger partial charge in [0.15, 0.2) is 0 Å². The number of carbonyl (C=O) groups is 2. The van der Waals surface area contributed by atoms with Crippen LogP contribution in [0.4, 0.5) is 20.2 Å². The molecule has 8 heteroatoms. The lowest BCUT2D eigenvalue weighted by Crippen LogP contribution is -2.49. The van der Waals surface area contributed by atoms with E-state index in [-0.39, 0.29) is 30.5 Å². The minimum atomic E-state index is -0.891. The van der Waals surface area contributed by atoms with Crippen molar-refractivity contribution >= 4 is 23.3 Å². The summed E-state index contributed by atoms with van der Waals surface area (Å²) in [6, 6.07) is 9.25. The van der Waals surface area contributed by atoms with Crippen LogP contribution >= 0.6 is 0 Å². The van der Waals surface area contributed by atoms with Crippen LogP contribution < -0.4 is 15.1 Å². The Morgan fingerprint density at radius 1 is 1.07 bits per heavy atom. The van der Waals surface area contributed by atoms with Crippen LogP contribution in [0.5, 0.6) is 0 Å². The van der Waals surface area contributed by atoms with E-state index in [0.717, 1.165) is 5.69 Å². The van der Waals surface area contributed by atoms with Gasteiger partial charge in [-0.3, -0.25) is 4.79 Å². The number of halogens is 2. The number of rotatable bonds is 6. The van der Waals surface area contributed by atoms with E-state index in [0.29, 0.717) is 24.3 Å². The summed E-state index contributed by atoms with van der Waals surface area (Å²) in [6.45, 7) is 1.24. The highest BCUT2D eigenvalue weighted by molar-refractivity contribution is 5.88. The summed E-state index contributed by atoms with van der Waals surface area (Å²) in [5, 5.41) is 2.69. The molecule has 0 fully saturated rings. The second-order valence-electron chi connectivity index (χ2n) is 6.95. The van der Waals surface area contributed by atoms with E-state index >= 15 is 0 Å². The fourth-order valence-electron chi connectivity index (χ4n) is 3.35. The molecule has 1 amide bonds. The monoisotopic (exact) mass is 403 g/mol. The molecule has 0 radical (unpaired) electrons. The molecule has 29 heavy (non-hydrogen) atoms. The Kier molecular flexibility index (Phi) is 6.31. The van der Waals surface area contributed by atoms with Crippen molar-refractivity contribution in [2.24, 2.45) is 0 Å². The topological polar surface area (TPSA) is 61.9 Å². The van der Waals surface area contributed by atoms with Crippen molar-refractivity contribution < 1.29 is 23.1 Å². The highest BCUT2D eigenvalue weighted by Gasteiger charge is 2.26. The molecular formula is C21H23F2N3O3. The van der Waals surface area contributed by atoms with Gasteiger partial charge in [0.05, 0.1) is 25.0 Å². The molecule has 0 aliphatic carbocycles. The first-order chi connectivity index (χ1) is 13.9. The molecule has 0 spiro atoms. The Morgan fingerprint density at radius 2 is 1.76 bits per heavy atom. The maximum absolute atomic E-state index is 13.6. The summed E-state index contributed by atoms with van der Waals surface area (Å²) in [6.07, 6.45) is 0.184. The predicted molar refractivity (Wildman–Crippen MR) is 106 cm³/mol. The van der Waals surface area contributed by atoms with Crippen LogP contribution in [0, 0.1) is 11.6 Å². The first-order valence-corrected chi connectivity index (χ1v) is 9.24. The molecule has 154 valence electrons. The van der Waals surface area contributed by atoms with Crippen molar-refractivity contribution in [1.29, 1.82) is 0 Å². The van der Waals surface area contributed by atoms with Gasteiger partial charge in [0, 0.05) is 26.6 Å². The van der Waals surface area contributed by atoms with Crippen molar-refractivity contribution in [1.82, 2.24) is 5.32 Å². The maximum Gasteiger partial charge on any atom is 0.328 e. The number of likely N-dealkylation sites (N-methyl/N-ethyl adjacent to an activating group) is 1. The van der Waals surface area contributed by atoms with Gasteiger partial charge in [0.2, 0.25) is 5.91 Å². The van der Waals surface area contributed by atoms with Gasteiger partial charge < -0.3 is 19.9 Å². The van der Waals surface area contributed by atoms with Crippen molar-refractivity contribution in [3.63, 3.8) is 0 Å². The van der Waals surface area contributed by atoms with Gasteiger partial charge in [-0.2, -0.15) is 0 Å². The molecular weight excluding hydrogens is 380 g/mol.